The number of rotatable bonds is 2. The van der Waals surface area contributed by atoms with Crippen LogP contribution in [0.2, 0.25) is 0 Å². The Kier molecular flexibility index (Phi) is 4.75. The quantitative estimate of drug-likeness (QED) is 0.501. The first-order valence-corrected chi connectivity index (χ1v) is 8.37. The molecule has 2 aromatic rings. The maximum atomic E-state index is 12.6. The molecule has 3 rings (SSSR count). The number of hydrogen-bond donors (Lipinski definition) is 0. The van der Waals surface area contributed by atoms with E-state index < -0.39 is 29.4 Å². The standard InChI is InChI=1S/C19H12BrF3O3/c1-10-2-7-13(14(20)8-10)17-15(24)9-16(26-18(17)25)11-3-5-12(6-4-11)19(21,22)23/h2-9,17H,1H3. The van der Waals surface area contributed by atoms with Crippen LogP contribution >= 0.6 is 15.9 Å². The highest BCUT2D eigenvalue weighted by Crippen LogP contribution is 2.35. The summed E-state index contributed by atoms with van der Waals surface area (Å²) in [5.41, 5.74) is 0.837. The molecule has 0 saturated carbocycles. The minimum Gasteiger partial charge on any atom is -0.425 e. The molecule has 0 bridgehead atoms. The number of allylic oxidation sites excluding steroid dienone is 1. The van der Waals surface area contributed by atoms with Gasteiger partial charge in [-0.25, -0.2) is 0 Å². The molecule has 0 fully saturated rings. The number of hydrogen-bond acceptors (Lipinski definition) is 3. The molecule has 0 N–H and O–H groups in total. The zero-order valence-electron chi connectivity index (χ0n) is 13.4. The summed E-state index contributed by atoms with van der Waals surface area (Å²) in [6, 6.07) is 9.30. The van der Waals surface area contributed by atoms with Crippen molar-refractivity contribution in [1.29, 1.82) is 0 Å². The fourth-order valence-electron chi connectivity index (χ4n) is 2.64. The van der Waals surface area contributed by atoms with Crippen molar-refractivity contribution in [3.05, 3.63) is 75.3 Å². The lowest BCUT2D eigenvalue weighted by Gasteiger charge is -2.21. The highest BCUT2D eigenvalue weighted by molar-refractivity contribution is 9.10. The maximum absolute atomic E-state index is 12.6. The zero-order chi connectivity index (χ0) is 19.1. The summed E-state index contributed by atoms with van der Waals surface area (Å²) in [7, 11) is 0. The molecule has 0 amide bonds. The van der Waals surface area contributed by atoms with Gasteiger partial charge in [-0.2, -0.15) is 13.2 Å². The fraction of sp³-hybridized carbons (Fsp3) is 0.158. The second kappa shape index (κ2) is 6.72. The van der Waals surface area contributed by atoms with Crippen LogP contribution in [0, 0.1) is 6.92 Å². The van der Waals surface area contributed by atoms with Crippen molar-refractivity contribution in [2.75, 3.05) is 0 Å². The third-order valence-electron chi connectivity index (χ3n) is 3.97. The smallest absolute Gasteiger partial charge is 0.416 e. The number of halogens is 4. The molecule has 134 valence electrons. The maximum Gasteiger partial charge on any atom is 0.416 e. The van der Waals surface area contributed by atoms with Crippen molar-refractivity contribution >= 4 is 33.4 Å². The molecular weight excluding hydrogens is 413 g/mol. The normalized spacial score (nSPS) is 17.7. The van der Waals surface area contributed by atoms with E-state index in [1.165, 1.54) is 0 Å². The summed E-state index contributed by atoms with van der Waals surface area (Å²) >= 11 is 3.34. The predicted octanol–water partition coefficient (Wildman–Crippen LogP) is 5.03. The highest BCUT2D eigenvalue weighted by Gasteiger charge is 2.36. The van der Waals surface area contributed by atoms with Crippen LogP contribution < -0.4 is 0 Å². The van der Waals surface area contributed by atoms with Crippen molar-refractivity contribution in [2.45, 2.75) is 19.0 Å². The minimum atomic E-state index is -4.46. The van der Waals surface area contributed by atoms with Gasteiger partial charge >= 0.3 is 12.1 Å². The molecule has 7 heteroatoms. The second-order valence-corrected chi connectivity index (χ2v) is 6.72. The lowest BCUT2D eigenvalue weighted by atomic mass is 9.91. The van der Waals surface area contributed by atoms with Gasteiger partial charge in [0.15, 0.2) is 5.78 Å². The number of carbonyl (C=O) groups is 2. The molecule has 1 aliphatic rings. The number of aryl methyl sites for hydroxylation is 1. The lowest BCUT2D eigenvalue weighted by molar-refractivity contribution is -0.142. The number of esters is 1. The summed E-state index contributed by atoms with van der Waals surface area (Å²) in [4.78, 5) is 24.8. The van der Waals surface area contributed by atoms with Gasteiger partial charge in [0, 0.05) is 16.1 Å². The van der Waals surface area contributed by atoms with Gasteiger partial charge in [-0.1, -0.05) is 40.2 Å². The molecule has 26 heavy (non-hydrogen) atoms. The van der Waals surface area contributed by atoms with Crippen LogP contribution in [-0.4, -0.2) is 11.8 Å². The first-order chi connectivity index (χ1) is 12.2. The second-order valence-electron chi connectivity index (χ2n) is 5.87. The number of alkyl halides is 3. The molecule has 0 saturated heterocycles. The monoisotopic (exact) mass is 424 g/mol. The number of ether oxygens (including phenoxy) is 1. The molecule has 0 radical (unpaired) electrons. The van der Waals surface area contributed by atoms with E-state index in [1.807, 2.05) is 6.92 Å². The number of carbonyl (C=O) groups excluding carboxylic acids is 2. The van der Waals surface area contributed by atoms with E-state index in [4.69, 9.17) is 4.74 Å². The average molecular weight is 425 g/mol. The molecule has 1 aliphatic heterocycles. The molecule has 1 heterocycles. The van der Waals surface area contributed by atoms with Gasteiger partial charge in [0.25, 0.3) is 0 Å². The number of ketones is 1. The van der Waals surface area contributed by atoms with Crippen LogP contribution in [0.25, 0.3) is 5.76 Å². The van der Waals surface area contributed by atoms with E-state index in [0.717, 1.165) is 35.9 Å². The van der Waals surface area contributed by atoms with Gasteiger partial charge in [-0.05, 0) is 36.2 Å². The summed E-state index contributed by atoms with van der Waals surface area (Å²) in [5, 5.41) is 0. The Morgan fingerprint density at radius 2 is 1.69 bits per heavy atom. The van der Waals surface area contributed by atoms with Crippen LogP contribution in [-0.2, 0) is 20.5 Å². The molecule has 3 nitrogen and oxygen atoms in total. The first-order valence-electron chi connectivity index (χ1n) is 7.58. The van der Waals surface area contributed by atoms with Crippen molar-refractivity contribution in [1.82, 2.24) is 0 Å². The van der Waals surface area contributed by atoms with Gasteiger partial charge in [-0.15, -0.1) is 0 Å². The van der Waals surface area contributed by atoms with Gasteiger partial charge in [0.2, 0.25) is 0 Å². The Morgan fingerprint density at radius 1 is 1.04 bits per heavy atom. The van der Waals surface area contributed by atoms with Crippen molar-refractivity contribution < 1.29 is 27.5 Å². The van der Waals surface area contributed by atoms with E-state index in [-0.39, 0.29) is 11.3 Å². The SMILES string of the molecule is Cc1ccc(C2C(=O)C=C(c3ccc(C(F)(F)F)cc3)OC2=O)c(Br)c1. The van der Waals surface area contributed by atoms with Crippen LogP contribution in [0.5, 0.6) is 0 Å². The minimum absolute atomic E-state index is 0.0618. The fourth-order valence-corrected chi connectivity index (χ4v) is 3.36. The van der Waals surface area contributed by atoms with E-state index in [0.29, 0.717) is 10.0 Å². The molecule has 1 unspecified atom stereocenters. The molecule has 1 atom stereocenters. The summed E-state index contributed by atoms with van der Waals surface area (Å²) < 4.78 is 43.7. The Hall–Kier alpha value is -2.41. The Balaban J connectivity index is 1.92. The van der Waals surface area contributed by atoms with Crippen LogP contribution in [0.4, 0.5) is 13.2 Å². The van der Waals surface area contributed by atoms with Crippen LogP contribution in [0.3, 0.4) is 0 Å². The summed E-state index contributed by atoms with van der Waals surface area (Å²) in [6.45, 7) is 1.87. The average Bonchev–Trinajstić information content (AvgIpc) is 2.55. The molecule has 2 aromatic carbocycles. The largest absolute Gasteiger partial charge is 0.425 e. The van der Waals surface area contributed by atoms with Crippen LogP contribution in [0.15, 0.2) is 53.0 Å². The third kappa shape index (κ3) is 3.58. The molecule has 0 aromatic heterocycles. The van der Waals surface area contributed by atoms with Gasteiger partial charge in [0.1, 0.15) is 11.7 Å². The Labute approximate surface area is 155 Å². The summed E-state index contributed by atoms with van der Waals surface area (Å²) in [5.74, 6) is -2.42. The van der Waals surface area contributed by atoms with Gasteiger partial charge in [0.05, 0.1) is 5.56 Å². The van der Waals surface area contributed by atoms with Crippen LogP contribution in [0.1, 0.15) is 28.2 Å². The number of benzene rings is 2. The van der Waals surface area contributed by atoms with E-state index >= 15 is 0 Å². The van der Waals surface area contributed by atoms with E-state index in [2.05, 4.69) is 15.9 Å². The topological polar surface area (TPSA) is 43.4 Å². The van der Waals surface area contributed by atoms with Crippen molar-refractivity contribution in [3.63, 3.8) is 0 Å². The Bertz CT molecular complexity index is 915. The van der Waals surface area contributed by atoms with Crippen molar-refractivity contribution in [3.8, 4) is 0 Å². The summed E-state index contributed by atoms with van der Waals surface area (Å²) in [6.07, 6.45) is -3.32. The first kappa shape index (κ1) is 18.4. The van der Waals surface area contributed by atoms with Crippen molar-refractivity contribution in [2.24, 2.45) is 0 Å². The molecule has 0 spiro atoms. The van der Waals surface area contributed by atoms with E-state index in [1.54, 1.807) is 18.2 Å². The Morgan fingerprint density at radius 3 is 2.23 bits per heavy atom. The third-order valence-corrected chi connectivity index (χ3v) is 4.65. The lowest BCUT2D eigenvalue weighted by Crippen LogP contribution is -2.27. The molecular formula is C19H12BrF3O3. The molecule has 0 aliphatic carbocycles. The highest BCUT2D eigenvalue weighted by atomic mass is 79.9. The van der Waals surface area contributed by atoms with E-state index in [9.17, 15) is 22.8 Å². The van der Waals surface area contributed by atoms with Gasteiger partial charge in [-0.3, -0.25) is 9.59 Å². The zero-order valence-corrected chi connectivity index (χ0v) is 15.0. The predicted molar refractivity (Wildman–Crippen MR) is 92.1 cm³/mol. The van der Waals surface area contributed by atoms with Gasteiger partial charge < -0.3 is 4.74 Å². The number of cyclic esters (lactones) is 1.